The molecule has 0 amide bonds. The maximum atomic E-state index is 12.1. The molecular weight excluding hydrogens is 304 g/mol. The number of anilines is 1. The molecule has 0 fully saturated rings. The zero-order valence-corrected chi connectivity index (χ0v) is 13.6. The van der Waals surface area contributed by atoms with E-state index in [0.717, 1.165) is 30.2 Å². The predicted molar refractivity (Wildman–Crippen MR) is 87.6 cm³/mol. The Labute approximate surface area is 130 Å². The van der Waals surface area contributed by atoms with Gasteiger partial charge in [0.1, 0.15) is 0 Å². The summed E-state index contributed by atoms with van der Waals surface area (Å²) in [7, 11) is 1.98. The van der Waals surface area contributed by atoms with E-state index in [9.17, 15) is 4.79 Å². The van der Waals surface area contributed by atoms with E-state index in [4.69, 9.17) is 0 Å². The van der Waals surface area contributed by atoms with Crippen molar-refractivity contribution in [1.82, 2.24) is 14.6 Å². The van der Waals surface area contributed by atoms with Gasteiger partial charge < -0.3 is 4.90 Å². The van der Waals surface area contributed by atoms with Gasteiger partial charge in [-0.15, -0.1) is 16.4 Å². The minimum absolute atomic E-state index is 0.101. The molecule has 0 saturated heterocycles. The summed E-state index contributed by atoms with van der Waals surface area (Å²) in [6.07, 6.45) is 1.80. The van der Waals surface area contributed by atoms with Crippen molar-refractivity contribution in [3.63, 3.8) is 0 Å². The minimum Gasteiger partial charge on any atom is -0.345 e. The Bertz CT molecular complexity index is 791. The Balaban J connectivity index is 1.93. The topological polar surface area (TPSA) is 50.5 Å². The van der Waals surface area contributed by atoms with Crippen molar-refractivity contribution in [1.29, 1.82) is 0 Å². The normalized spacial score (nSPS) is 11.1. The Morgan fingerprint density at radius 1 is 1.43 bits per heavy atom. The van der Waals surface area contributed by atoms with E-state index < -0.39 is 0 Å². The molecule has 0 bridgehead atoms. The Hall–Kier alpha value is -1.73. The Morgan fingerprint density at radius 2 is 2.29 bits per heavy atom. The summed E-state index contributed by atoms with van der Waals surface area (Å²) in [4.78, 5) is 20.6. The molecule has 0 radical (unpaired) electrons. The molecule has 0 aliphatic heterocycles. The van der Waals surface area contributed by atoms with Crippen molar-refractivity contribution in [3.8, 4) is 0 Å². The van der Waals surface area contributed by atoms with Crippen molar-refractivity contribution in [2.75, 3.05) is 11.9 Å². The van der Waals surface area contributed by atoms with E-state index in [0.29, 0.717) is 4.96 Å². The molecule has 0 aliphatic carbocycles. The highest BCUT2D eigenvalue weighted by atomic mass is 32.1. The molecule has 0 aliphatic rings. The molecule has 0 atom stereocenters. The monoisotopic (exact) mass is 320 g/mol. The first-order valence-electron chi connectivity index (χ1n) is 6.80. The van der Waals surface area contributed by atoms with Gasteiger partial charge >= 0.3 is 0 Å². The summed E-state index contributed by atoms with van der Waals surface area (Å²) < 4.78 is 1.39. The summed E-state index contributed by atoms with van der Waals surface area (Å²) >= 11 is 3.17. The van der Waals surface area contributed by atoms with Crippen LogP contribution in [0.4, 0.5) is 5.13 Å². The SMILES string of the molecule is CCCc1cc(=O)n2nc(N(C)Cc3cccs3)sc2n1. The van der Waals surface area contributed by atoms with Gasteiger partial charge in [0.05, 0.1) is 6.54 Å². The van der Waals surface area contributed by atoms with Gasteiger partial charge in [0.2, 0.25) is 10.1 Å². The van der Waals surface area contributed by atoms with Gasteiger partial charge in [0.25, 0.3) is 5.56 Å². The lowest BCUT2D eigenvalue weighted by Gasteiger charge is -2.13. The molecule has 0 spiro atoms. The highest BCUT2D eigenvalue weighted by molar-refractivity contribution is 7.20. The van der Waals surface area contributed by atoms with Gasteiger partial charge in [-0.3, -0.25) is 4.79 Å². The third-order valence-corrected chi connectivity index (χ3v) is 4.98. The number of hydrogen-bond acceptors (Lipinski definition) is 6. The van der Waals surface area contributed by atoms with Crippen LogP contribution in [0.2, 0.25) is 0 Å². The van der Waals surface area contributed by atoms with Crippen LogP contribution in [0, 0.1) is 0 Å². The molecule has 21 heavy (non-hydrogen) atoms. The maximum absolute atomic E-state index is 12.1. The van der Waals surface area contributed by atoms with Crippen LogP contribution < -0.4 is 10.5 Å². The fourth-order valence-corrected chi connectivity index (χ4v) is 3.73. The van der Waals surface area contributed by atoms with Gasteiger partial charge in [0, 0.05) is 23.7 Å². The average molecular weight is 320 g/mol. The molecule has 0 saturated carbocycles. The molecule has 3 heterocycles. The van der Waals surface area contributed by atoms with Crippen LogP contribution in [0.15, 0.2) is 28.4 Å². The summed E-state index contributed by atoms with van der Waals surface area (Å²) in [5, 5.41) is 7.25. The van der Waals surface area contributed by atoms with E-state index in [-0.39, 0.29) is 5.56 Å². The summed E-state index contributed by atoms with van der Waals surface area (Å²) in [6, 6.07) is 5.72. The molecular formula is C14H16N4OS2. The molecule has 0 N–H and O–H groups in total. The largest absolute Gasteiger partial charge is 0.345 e. The molecule has 0 aromatic carbocycles. The quantitative estimate of drug-likeness (QED) is 0.725. The number of nitrogens with zero attached hydrogens (tertiary/aromatic N) is 4. The van der Waals surface area contributed by atoms with Crippen molar-refractivity contribution in [3.05, 3.63) is 44.5 Å². The lowest BCUT2D eigenvalue weighted by Crippen LogP contribution is -2.18. The first-order valence-corrected chi connectivity index (χ1v) is 8.50. The number of fused-ring (bicyclic) bond motifs is 1. The van der Waals surface area contributed by atoms with Crippen LogP contribution >= 0.6 is 22.7 Å². The van der Waals surface area contributed by atoms with Crippen LogP contribution in [-0.4, -0.2) is 21.6 Å². The number of hydrogen-bond donors (Lipinski definition) is 0. The lowest BCUT2D eigenvalue weighted by molar-refractivity contribution is 0.824. The Kier molecular flexibility index (Phi) is 4.03. The standard InChI is InChI=1S/C14H16N4OS2/c1-3-5-10-8-12(19)18-13(15-10)21-14(16-18)17(2)9-11-6-4-7-20-11/h4,6-8H,3,5,9H2,1-2H3. The predicted octanol–water partition coefficient (Wildman–Crippen LogP) is 2.80. The third-order valence-electron chi connectivity index (χ3n) is 3.09. The van der Waals surface area contributed by atoms with Crippen LogP contribution in [-0.2, 0) is 13.0 Å². The van der Waals surface area contributed by atoms with Crippen LogP contribution in [0.5, 0.6) is 0 Å². The first-order chi connectivity index (χ1) is 10.2. The average Bonchev–Trinajstić information content (AvgIpc) is 3.08. The van der Waals surface area contributed by atoms with E-state index >= 15 is 0 Å². The minimum atomic E-state index is -0.101. The van der Waals surface area contributed by atoms with Gasteiger partial charge in [-0.2, -0.15) is 4.52 Å². The Morgan fingerprint density at radius 3 is 3.00 bits per heavy atom. The second-order valence-corrected chi connectivity index (χ2v) is 6.82. The zero-order valence-electron chi connectivity index (χ0n) is 11.9. The number of aryl methyl sites for hydroxylation is 1. The van der Waals surface area contributed by atoms with Crippen molar-refractivity contribution < 1.29 is 0 Å². The molecule has 7 heteroatoms. The smallest absolute Gasteiger partial charge is 0.275 e. The summed E-state index contributed by atoms with van der Waals surface area (Å²) in [6.45, 7) is 2.87. The molecule has 3 aromatic rings. The molecule has 0 unspecified atom stereocenters. The van der Waals surface area contributed by atoms with E-state index in [1.165, 1.54) is 20.7 Å². The lowest BCUT2D eigenvalue weighted by atomic mass is 10.2. The summed E-state index contributed by atoms with van der Waals surface area (Å²) in [5.41, 5.74) is 0.745. The fraction of sp³-hybridized carbons (Fsp3) is 0.357. The number of rotatable bonds is 5. The second-order valence-electron chi connectivity index (χ2n) is 4.85. The third kappa shape index (κ3) is 2.98. The van der Waals surface area contributed by atoms with Gasteiger partial charge in [-0.25, -0.2) is 4.98 Å². The van der Waals surface area contributed by atoms with E-state index in [2.05, 4.69) is 28.5 Å². The zero-order chi connectivity index (χ0) is 14.8. The molecule has 3 rings (SSSR count). The van der Waals surface area contributed by atoms with Gasteiger partial charge in [0.15, 0.2) is 0 Å². The van der Waals surface area contributed by atoms with E-state index in [1.54, 1.807) is 17.4 Å². The van der Waals surface area contributed by atoms with Crippen LogP contribution in [0.1, 0.15) is 23.9 Å². The fourth-order valence-electron chi connectivity index (χ4n) is 2.09. The maximum Gasteiger partial charge on any atom is 0.275 e. The van der Waals surface area contributed by atoms with Gasteiger partial charge in [-0.05, 0) is 17.9 Å². The number of thiophene rings is 1. The van der Waals surface area contributed by atoms with Crippen LogP contribution in [0.3, 0.4) is 0 Å². The first kappa shape index (κ1) is 14.2. The molecule has 5 nitrogen and oxygen atoms in total. The van der Waals surface area contributed by atoms with Gasteiger partial charge in [-0.1, -0.05) is 30.7 Å². The highest BCUT2D eigenvalue weighted by Gasteiger charge is 2.12. The van der Waals surface area contributed by atoms with Crippen molar-refractivity contribution in [2.45, 2.75) is 26.3 Å². The van der Waals surface area contributed by atoms with Crippen molar-refractivity contribution >= 4 is 32.8 Å². The van der Waals surface area contributed by atoms with Crippen molar-refractivity contribution in [2.24, 2.45) is 0 Å². The second kappa shape index (κ2) is 5.95. The van der Waals surface area contributed by atoms with E-state index in [1.807, 2.05) is 18.0 Å². The highest BCUT2D eigenvalue weighted by Crippen LogP contribution is 2.23. The summed E-state index contributed by atoms with van der Waals surface area (Å²) in [5.74, 6) is 0. The molecule has 3 aromatic heterocycles. The number of aromatic nitrogens is 3. The van der Waals surface area contributed by atoms with Crippen LogP contribution in [0.25, 0.3) is 4.96 Å². The molecule has 110 valence electrons.